The van der Waals surface area contributed by atoms with E-state index in [4.69, 9.17) is 0 Å². The second-order valence-corrected chi connectivity index (χ2v) is 4.60. The van der Waals surface area contributed by atoms with Crippen molar-refractivity contribution in [2.24, 2.45) is 0 Å². The largest absolute Gasteiger partial charge is 0.286 e. The molecule has 0 unspecified atom stereocenters. The Morgan fingerprint density at radius 2 is 1.29 bits per heavy atom. The highest BCUT2D eigenvalue weighted by molar-refractivity contribution is 9.18. The monoisotopic (exact) mass is 318 g/mol. The zero-order valence-electron chi connectivity index (χ0n) is 7.30. The van der Waals surface area contributed by atoms with Crippen LogP contribution >= 0.6 is 31.9 Å². The summed E-state index contributed by atoms with van der Waals surface area (Å²) in [5, 5.41) is 0. The third-order valence-electron chi connectivity index (χ3n) is 1.78. The molecule has 0 aliphatic carbocycles. The average Bonchev–Trinajstić information content (AvgIpc) is 2.06. The number of hydrogen-bond donors (Lipinski definition) is 0. The molecule has 0 aliphatic rings. The fourth-order valence-electron chi connectivity index (χ4n) is 1.20. The van der Waals surface area contributed by atoms with Gasteiger partial charge in [0.1, 0.15) is 0 Å². The van der Waals surface area contributed by atoms with E-state index < -0.39 is 0 Å². The Kier molecular flexibility index (Phi) is 4.48. The first-order valence-electron chi connectivity index (χ1n) is 4.03. The first kappa shape index (κ1) is 11.6. The highest BCUT2D eigenvalue weighted by Gasteiger charge is 2.07. The van der Waals surface area contributed by atoms with Gasteiger partial charge in [0.15, 0.2) is 0 Å². The van der Waals surface area contributed by atoms with Crippen LogP contribution in [0.2, 0.25) is 0 Å². The third kappa shape index (κ3) is 3.72. The lowest BCUT2D eigenvalue weighted by molar-refractivity contribution is -0.110. The van der Waals surface area contributed by atoms with E-state index in [9.17, 15) is 9.59 Å². The second-order valence-electron chi connectivity index (χ2n) is 2.83. The number of rotatable bonds is 4. The summed E-state index contributed by atoms with van der Waals surface area (Å²) in [6.07, 6.45) is 0.632. The lowest BCUT2D eigenvalue weighted by Crippen LogP contribution is -2.01. The summed E-state index contributed by atoms with van der Waals surface area (Å²) in [6.45, 7) is 0. The summed E-state index contributed by atoms with van der Waals surface area (Å²) in [5.74, 6) is 0. The molecule has 0 saturated heterocycles. The first-order chi connectivity index (χ1) is 6.59. The van der Waals surface area contributed by atoms with E-state index in [0.717, 1.165) is 11.1 Å². The minimum Gasteiger partial charge on any atom is -0.286 e. The van der Waals surface area contributed by atoms with Gasteiger partial charge >= 0.3 is 0 Å². The van der Waals surface area contributed by atoms with Gasteiger partial charge in [-0.15, -0.1) is 0 Å². The van der Waals surface area contributed by atoms with E-state index in [1.165, 1.54) is 0 Å². The van der Waals surface area contributed by atoms with E-state index >= 15 is 0 Å². The fourth-order valence-corrected chi connectivity index (χ4v) is 1.81. The van der Waals surface area contributed by atoms with Crippen molar-refractivity contribution in [2.75, 3.05) is 0 Å². The van der Waals surface area contributed by atoms with Gasteiger partial charge in [-0.2, -0.15) is 0 Å². The van der Waals surface area contributed by atoms with Crippen LogP contribution in [0.15, 0.2) is 24.3 Å². The zero-order chi connectivity index (χ0) is 10.6. The van der Waals surface area contributed by atoms with Gasteiger partial charge in [0.05, 0.1) is 0 Å². The molecule has 0 aromatic heterocycles. The summed E-state index contributed by atoms with van der Waals surface area (Å²) >= 11 is 5.75. The van der Waals surface area contributed by atoms with Crippen LogP contribution < -0.4 is 0 Å². The van der Waals surface area contributed by atoms with Crippen molar-refractivity contribution < 1.29 is 9.59 Å². The normalized spacial score (nSPS) is 9.86. The first-order valence-corrected chi connectivity index (χ1v) is 5.61. The van der Waals surface area contributed by atoms with Crippen LogP contribution in [0.3, 0.4) is 0 Å². The van der Waals surface area contributed by atoms with Crippen molar-refractivity contribution in [1.29, 1.82) is 0 Å². The maximum Gasteiger partial charge on any atom is 0.202 e. The van der Waals surface area contributed by atoms with Gasteiger partial charge in [-0.25, -0.2) is 0 Å². The van der Waals surface area contributed by atoms with Crippen LogP contribution in [0.1, 0.15) is 11.1 Å². The summed E-state index contributed by atoms with van der Waals surface area (Å²) in [5.41, 5.74) is 1.78. The highest BCUT2D eigenvalue weighted by atomic mass is 79.9. The minimum absolute atomic E-state index is 0.0769. The average molecular weight is 320 g/mol. The third-order valence-corrected chi connectivity index (χ3v) is 2.34. The van der Waals surface area contributed by atoms with Crippen molar-refractivity contribution in [3.8, 4) is 0 Å². The molecule has 0 atom stereocenters. The maximum absolute atomic E-state index is 10.9. The summed E-state index contributed by atoms with van der Waals surface area (Å²) in [4.78, 5) is 21.7. The molecule has 1 aromatic carbocycles. The maximum atomic E-state index is 10.9. The Hall–Kier alpha value is -0.480. The minimum atomic E-state index is -0.0769. The topological polar surface area (TPSA) is 34.1 Å². The van der Waals surface area contributed by atoms with Crippen molar-refractivity contribution >= 4 is 41.2 Å². The van der Waals surface area contributed by atoms with Crippen molar-refractivity contribution in [3.05, 3.63) is 35.4 Å². The molecule has 0 bridgehead atoms. The van der Waals surface area contributed by atoms with Crippen LogP contribution in [0, 0.1) is 0 Å². The van der Waals surface area contributed by atoms with Gasteiger partial charge in [-0.05, 0) is 43.0 Å². The van der Waals surface area contributed by atoms with Gasteiger partial charge in [0.25, 0.3) is 0 Å². The Bertz CT molecular complexity index is 326. The van der Waals surface area contributed by atoms with E-state index in [2.05, 4.69) is 31.9 Å². The molecule has 0 radical (unpaired) electrons. The molecule has 0 fully saturated rings. The highest BCUT2D eigenvalue weighted by Crippen LogP contribution is 2.13. The van der Waals surface area contributed by atoms with Crippen LogP contribution in [-0.4, -0.2) is 9.39 Å². The standard InChI is InChI=1S/C10H8Br2O2/c11-9(13)5-7-3-1-2-4-8(7)6-10(12)14/h1-4H,5-6H2. The summed E-state index contributed by atoms with van der Waals surface area (Å²) < 4.78 is -0.154. The number of carbonyl (C=O) groups excluding carboxylic acids is 2. The van der Waals surface area contributed by atoms with Gasteiger partial charge in [0.2, 0.25) is 9.39 Å². The number of benzene rings is 1. The van der Waals surface area contributed by atoms with Gasteiger partial charge < -0.3 is 0 Å². The molecule has 1 aromatic rings. The quantitative estimate of drug-likeness (QED) is 0.799. The molecule has 4 heteroatoms. The van der Waals surface area contributed by atoms with Crippen molar-refractivity contribution in [2.45, 2.75) is 12.8 Å². The molecular weight excluding hydrogens is 312 g/mol. The number of halogens is 2. The van der Waals surface area contributed by atoms with Crippen LogP contribution in [-0.2, 0) is 22.4 Å². The van der Waals surface area contributed by atoms with E-state index in [-0.39, 0.29) is 9.39 Å². The van der Waals surface area contributed by atoms with Crippen LogP contribution in [0.25, 0.3) is 0 Å². The Balaban J connectivity index is 2.90. The molecular formula is C10H8Br2O2. The van der Waals surface area contributed by atoms with Crippen LogP contribution in [0.5, 0.6) is 0 Å². The molecule has 1 rings (SSSR count). The Morgan fingerprint density at radius 3 is 1.57 bits per heavy atom. The predicted octanol–water partition coefficient (Wildman–Crippen LogP) is 2.61. The van der Waals surface area contributed by atoms with Crippen molar-refractivity contribution in [3.63, 3.8) is 0 Å². The summed E-state index contributed by atoms with van der Waals surface area (Å²) in [7, 11) is 0. The second kappa shape index (κ2) is 5.41. The SMILES string of the molecule is O=C(Br)Cc1ccccc1CC(=O)Br. The van der Waals surface area contributed by atoms with Gasteiger partial charge in [0, 0.05) is 12.8 Å². The molecule has 0 amide bonds. The molecule has 0 N–H and O–H groups in total. The van der Waals surface area contributed by atoms with Crippen LogP contribution in [0.4, 0.5) is 0 Å². The Labute approximate surface area is 98.9 Å². The Morgan fingerprint density at radius 1 is 0.929 bits per heavy atom. The lowest BCUT2D eigenvalue weighted by atomic mass is 10.0. The van der Waals surface area contributed by atoms with Gasteiger partial charge in [-0.3, -0.25) is 9.59 Å². The number of carbonyl (C=O) groups is 2. The van der Waals surface area contributed by atoms with E-state index in [1.807, 2.05) is 24.3 Å². The smallest absolute Gasteiger partial charge is 0.202 e. The molecule has 0 spiro atoms. The predicted molar refractivity (Wildman–Crippen MR) is 61.7 cm³/mol. The molecule has 14 heavy (non-hydrogen) atoms. The number of hydrogen-bond acceptors (Lipinski definition) is 2. The van der Waals surface area contributed by atoms with Crippen molar-refractivity contribution in [1.82, 2.24) is 0 Å². The molecule has 0 heterocycles. The van der Waals surface area contributed by atoms with Gasteiger partial charge in [-0.1, -0.05) is 24.3 Å². The van der Waals surface area contributed by atoms with E-state index in [1.54, 1.807) is 0 Å². The molecule has 0 saturated carbocycles. The fraction of sp³-hybridized carbons (Fsp3) is 0.200. The lowest BCUT2D eigenvalue weighted by Gasteiger charge is -2.04. The molecule has 74 valence electrons. The molecule has 0 aliphatic heterocycles. The summed E-state index contributed by atoms with van der Waals surface area (Å²) in [6, 6.07) is 7.41. The zero-order valence-corrected chi connectivity index (χ0v) is 10.5. The molecule has 2 nitrogen and oxygen atoms in total. The van der Waals surface area contributed by atoms with E-state index in [0.29, 0.717) is 12.8 Å².